The molecule has 1 saturated heterocycles. The van der Waals surface area contributed by atoms with Gasteiger partial charge in [-0.05, 0) is 41.8 Å². The highest BCUT2D eigenvalue weighted by molar-refractivity contribution is 14.0. The van der Waals surface area contributed by atoms with Gasteiger partial charge < -0.3 is 19.9 Å². The Morgan fingerprint density at radius 3 is 2.45 bits per heavy atom. The zero-order chi connectivity index (χ0) is 21.3. The smallest absolute Gasteiger partial charge is 0.222 e. The van der Waals surface area contributed by atoms with Crippen molar-refractivity contribution in [2.75, 3.05) is 33.8 Å². The lowest BCUT2D eigenvalue weighted by atomic mass is 10.1. The number of likely N-dealkylation sites (N-methyl/N-ethyl adjacent to an activating group) is 1. The Kier molecular flexibility index (Phi) is 10.4. The molecular formula is C23H30ClIN4O2. The second kappa shape index (κ2) is 12.8. The molecule has 0 unspecified atom stereocenters. The van der Waals surface area contributed by atoms with E-state index in [9.17, 15) is 4.79 Å². The van der Waals surface area contributed by atoms with Gasteiger partial charge in [0, 0.05) is 45.2 Å². The molecule has 6 nitrogen and oxygen atoms in total. The fourth-order valence-electron chi connectivity index (χ4n) is 3.36. The fraction of sp³-hybridized carbons (Fsp3) is 0.391. The third-order valence-corrected chi connectivity index (χ3v) is 5.35. The van der Waals surface area contributed by atoms with Crippen LogP contribution in [0.25, 0.3) is 0 Å². The number of hydrogen-bond acceptors (Lipinski definition) is 3. The van der Waals surface area contributed by atoms with E-state index in [4.69, 9.17) is 16.3 Å². The summed E-state index contributed by atoms with van der Waals surface area (Å²) < 4.78 is 5.75. The number of halogens is 2. The van der Waals surface area contributed by atoms with E-state index >= 15 is 0 Å². The maximum Gasteiger partial charge on any atom is 0.222 e. The number of aliphatic imine (C=N–C) groups is 1. The van der Waals surface area contributed by atoms with Crippen molar-refractivity contribution in [2.45, 2.75) is 25.9 Å². The van der Waals surface area contributed by atoms with Crippen molar-refractivity contribution in [3.8, 4) is 5.75 Å². The molecule has 2 aromatic carbocycles. The Labute approximate surface area is 206 Å². The molecule has 1 amide bonds. The van der Waals surface area contributed by atoms with Gasteiger partial charge in [0.1, 0.15) is 12.4 Å². The Bertz CT molecular complexity index is 859. The number of likely N-dealkylation sites (tertiary alicyclic amines) is 1. The molecule has 0 aliphatic carbocycles. The molecule has 168 valence electrons. The molecule has 0 bridgehead atoms. The van der Waals surface area contributed by atoms with Crippen molar-refractivity contribution in [1.29, 1.82) is 0 Å². The Morgan fingerprint density at radius 2 is 1.84 bits per heavy atom. The Hall–Kier alpha value is -2.00. The average Bonchev–Trinajstić information content (AvgIpc) is 3.15. The highest BCUT2D eigenvalue weighted by atomic mass is 127. The van der Waals surface area contributed by atoms with Crippen LogP contribution in [-0.4, -0.2) is 55.5 Å². The molecule has 1 aliphatic rings. The van der Waals surface area contributed by atoms with Gasteiger partial charge in [-0.3, -0.25) is 9.79 Å². The number of ether oxygens (including phenoxy) is 1. The first-order valence-corrected chi connectivity index (χ1v) is 10.6. The highest BCUT2D eigenvalue weighted by Gasteiger charge is 2.19. The summed E-state index contributed by atoms with van der Waals surface area (Å²) in [7, 11) is 3.76. The maximum absolute atomic E-state index is 11.8. The Balaban J connectivity index is 0.00000341. The molecule has 0 spiro atoms. The van der Waals surface area contributed by atoms with Gasteiger partial charge in [-0.15, -0.1) is 24.0 Å². The molecule has 8 heteroatoms. The van der Waals surface area contributed by atoms with Gasteiger partial charge in [-0.2, -0.15) is 0 Å². The summed E-state index contributed by atoms with van der Waals surface area (Å²) in [5.41, 5.74) is 2.33. The summed E-state index contributed by atoms with van der Waals surface area (Å²) in [6.07, 6.45) is 1.65. The lowest BCUT2D eigenvalue weighted by Gasteiger charge is -2.22. The number of guanidine groups is 1. The van der Waals surface area contributed by atoms with Gasteiger partial charge in [0.15, 0.2) is 5.96 Å². The van der Waals surface area contributed by atoms with Crippen LogP contribution in [0.5, 0.6) is 5.75 Å². The molecule has 31 heavy (non-hydrogen) atoms. The quantitative estimate of drug-likeness (QED) is 0.301. The minimum atomic E-state index is 0. The third kappa shape index (κ3) is 7.88. The van der Waals surface area contributed by atoms with Crippen LogP contribution in [0.15, 0.2) is 53.5 Å². The van der Waals surface area contributed by atoms with Crippen LogP contribution in [0.1, 0.15) is 24.0 Å². The summed E-state index contributed by atoms with van der Waals surface area (Å²) in [5, 5.41) is 4.08. The largest absolute Gasteiger partial charge is 0.492 e. The predicted molar refractivity (Wildman–Crippen MR) is 136 cm³/mol. The van der Waals surface area contributed by atoms with Crippen molar-refractivity contribution in [2.24, 2.45) is 4.99 Å². The number of benzene rings is 2. The second-order valence-corrected chi connectivity index (χ2v) is 7.80. The predicted octanol–water partition coefficient (Wildman–Crippen LogP) is 4.17. The number of carbonyl (C=O) groups excluding carboxylic acids is 1. The summed E-state index contributed by atoms with van der Waals surface area (Å²) in [5.74, 6) is 1.86. The molecule has 1 aliphatic heterocycles. The normalized spacial score (nSPS) is 13.7. The van der Waals surface area contributed by atoms with E-state index in [1.165, 1.54) is 5.56 Å². The maximum atomic E-state index is 11.8. The van der Waals surface area contributed by atoms with Crippen LogP contribution >= 0.6 is 35.6 Å². The van der Waals surface area contributed by atoms with Gasteiger partial charge in [-0.1, -0.05) is 35.9 Å². The number of carbonyl (C=O) groups is 1. The Morgan fingerprint density at radius 1 is 1.16 bits per heavy atom. The molecule has 0 saturated carbocycles. The molecule has 0 atom stereocenters. The standard InChI is InChI=1S/C23H29ClN4O2.HI/c1-25-23(27(2)14-15-30-21-11-9-20(24)10-12-21)26-16-18-5-7-19(8-6-18)17-28-13-3-4-22(28)29;/h5-12H,3-4,13-17H2,1-2H3,(H,25,26);1H. The van der Waals surface area contributed by atoms with Crippen molar-refractivity contribution >= 4 is 47.4 Å². The van der Waals surface area contributed by atoms with E-state index in [-0.39, 0.29) is 29.9 Å². The fourth-order valence-corrected chi connectivity index (χ4v) is 3.48. The molecule has 0 aromatic heterocycles. The molecule has 2 aromatic rings. The van der Waals surface area contributed by atoms with Crippen LogP contribution in [0, 0.1) is 0 Å². The molecular weight excluding hydrogens is 527 g/mol. The minimum absolute atomic E-state index is 0. The number of rotatable bonds is 8. The van der Waals surface area contributed by atoms with Crippen molar-refractivity contribution in [3.05, 3.63) is 64.7 Å². The van der Waals surface area contributed by atoms with Crippen molar-refractivity contribution in [3.63, 3.8) is 0 Å². The zero-order valence-corrected chi connectivity index (χ0v) is 21.1. The monoisotopic (exact) mass is 556 g/mol. The van der Waals surface area contributed by atoms with Gasteiger partial charge in [0.05, 0.1) is 6.54 Å². The summed E-state index contributed by atoms with van der Waals surface area (Å²) >= 11 is 5.89. The van der Waals surface area contributed by atoms with Crippen LogP contribution in [-0.2, 0) is 17.9 Å². The van der Waals surface area contributed by atoms with Crippen LogP contribution in [0.2, 0.25) is 5.02 Å². The molecule has 0 radical (unpaired) electrons. The second-order valence-electron chi connectivity index (χ2n) is 7.36. The third-order valence-electron chi connectivity index (χ3n) is 5.10. The van der Waals surface area contributed by atoms with Crippen molar-refractivity contribution in [1.82, 2.24) is 15.1 Å². The molecule has 3 rings (SSSR count). The summed E-state index contributed by atoms with van der Waals surface area (Å²) in [4.78, 5) is 20.1. The number of nitrogens with zero attached hydrogens (tertiary/aromatic N) is 3. The minimum Gasteiger partial charge on any atom is -0.492 e. The van der Waals surface area contributed by atoms with Gasteiger partial charge >= 0.3 is 0 Å². The van der Waals surface area contributed by atoms with Crippen LogP contribution < -0.4 is 10.1 Å². The first-order valence-electron chi connectivity index (χ1n) is 10.2. The number of amides is 1. The van der Waals surface area contributed by atoms with E-state index < -0.39 is 0 Å². The van der Waals surface area contributed by atoms with E-state index in [0.717, 1.165) is 30.2 Å². The highest BCUT2D eigenvalue weighted by Crippen LogP contribution is 2.16. The first-order chi connectivity index (χ1) is 14.5. The topological polar surface area (TPSA) is 57.2 Å². The van der Waals surface area contributed by atoms with Gasteiger partial charge in [-0.25, -0.2) is 0 Å². The van der Waals surface area contributed by atoms with Crippen LogP contribution in [0.4, 0.5) is 0 Å². The van der Waals surface area contributed by atoms with E-state index in [0.29, 0.717) is 37.7 Å². The van der Waals surface area contributed by atoms with Gasteiger partial charge in [0.25, 0.3) is 0 Å². The van der Waals surface area contributed by atoms with E-state index in [1.807, 2.05) is 41.1 Å². The lowest BCUT2D eigenvalue weighted by molar-refractivity contribution is -0.128. The number of hydrogen-bond donors (Lipinski definition) is 1. The van der Waals surface area contributed by atoms with E-state index in [1.54, 1.807) is 7.05 Å². The summed E-state index contributed by atoms with van der Waals surface area (Å²) in [6, 6.07) is 15.7. The zero-order valence-electron chi connectivity index (χ0n) is 18.0. The molecule has 1 fully saturated rings. The first kappa shape index (κ1) is 25.3. The average molecular weight is 557 g/mol. The van der Waals surface area contributed by atoms with Crippen LogP contribution in [0.3, 0.4) is 0 Å². The molecule has 1 heterocycles. The number of nitrogens with one attached hydrogen (secondary N) is 1. The SMILES string of the molecule is CN=C(NCc1ccc(CN2CCCC2=O)cc1)N(C)CCOc1ccc(Cl)cc1.I. The summed E-state index contributed by atoms with van der Waals surface area (Å²) in [6.45, 7) is 3.49. The van der Waals surface area contributed by atoms with Crippen molar-refractivity contribution < 1.29 is 9.53 Å². The van der Waals surface area contributed by atoms with E-state index in [2.05, 4.69) is 34.6 Å². The van der Waals surface area contributed by atoms with Gasteiger partial charge in [0.2, 0.25) is 5.91 Å². The lowest BCUT2D eigenvalue weighted by Crippen LogP contribution is -2.40. The molecule has 1 N–H and O–H groups in total.